The first-order valence-corrected chi connectivity index (χ1v) is 13.6. The second-order valence-electron chi connectivity index (χ2n) is 12.0. The molecule has 1 atom stereocenters. The number of hydrogen-bond donors (Lipinski definition) is 2. The van der Waals surface area contributed by atoms with Gasteiger partial charge in [-0.25, -0.2) is 9.59 Å². The van der Waals surface area contributed by atoms with E-state index < -0.39 is 41.2 Å². The smallest absolute Gasteiger partial charge is 0.407 e. The largest absolute Gasteiger partial charge is 0.480 e. The average molecular weight is 569 g/mol. The van der Waals surface area contributed by atoms with Crippen LogP contribution in [0, 0.1) is 0 Å². The number of alkyl carbamates (subject to hydrolysis) is 1. The molecule has 0 aromatic heterocycles. The van der Waals surface area contributed by atoms with Gasteiger partial charge in [0.05, 0.1) is 13.1 Å². The maximum Gasteiger partial charge on any atom is 0.407 e. The van der Waals surface area contributed by atoms with Crippen LogP contribution in [0.3, 0.4) is 0 Å². The van der Waals surface area contributed by atoms with Crippen molar-refractivity contribution in [2.75, 3.05) is 26.2 Å². The molecule has 41 heavy (non-hydrogen) atoms. The van der Waals surface area contributed by atoms with E-state index in [9.17, 15) is 24.3 Å². The lowest BCUT2D eigenvalue weighted by Crippen LogP contribution is -2.46. The number of rotatable bonds is 11. The maximum absolute atomic E-state index is 12.7. The predicted octanol–water partition coefficient (Wildman–Crippen LogP) is 4.35. The fraction of sp³-hybridized carbons (Fsp3) is 0.484. The molecule has 1 aliphatic carbocycles. The standard InChI is InChI=1S/C31H40N2O8/c1-30(2,3)40-26(34)17-33(18-27(35)41-31(4,5)6)16-15-25(28(36)37)32-29(38)39-19-24-22-13-9-7-11-20(22)21-12-8-10-14-23(21)24/h7-14,24-25H,15-19H2,1-6H3,(H,32,38)(H,36,37)/t25-/m0/s1. The Labute approximate surface area is 241 Å². The molecule has 3 rings (SSSR count). The summed E-state index contributed by atoms with van der Waals surface area (Å²) in [6, 6.07) is 14.5. The zero-order valence-corrected chi connectivity index (χ0v) is 24.6. The molecule has 0 radical (unpaired) electrons. The highest BCUT2D eigenvalue weighted by atomic mass is 16.6. The van der Waals surface area contributed by atoms with Gasteiger partial charge in [0.25, 0.3) is 0 Å². The Kier molecular flexibility index (Phi) is 10.1. The van der Waals surface area contributed by atoms with Crippen LogP contribution >= 0.6 is 0 Å². The predicted molar refractivity (Wildman–Crippen MR) is 152 cm³/mol. The van der Waals surface area contributed by atoms with Gasteiger partial charge in [0.15, 0.2) is 0 Å². The highest BCUT2D eigenvalue weighted by Gasteiger charge is 2.30. The van der Waals surface area contributed by atoms with Crippen molar-refractivity contribution in [2.45, 2.75) is 71.1 Å². The number of esters is 2. The van der Waals surface area contributed by atoms with Gasteiger partial charge in [-0.1, -0.05) is 48.5 Å². The summed E-state index contributed by atoms with van der Waals surface area (Å²) < 4.78 is 16.2. The maximum atomic E-state index is 12.7. The molecule has 1 aliphatic rings. The summed E-state index contributed by atoms with van der Waals surface area (Å²) >= 11 is 0. The Hall–Kier alpha value is -3.92. The first kappa shape index (κ1) is 31.6. The highest BCUT2D eigenvalue weighted by molar-refractivity contribution is 5.81. The minimum atomic E-state index is -1.31. The molecule has 0 heterocycles. The summed E-state index contributed by atoms with van der Waals surface area (Å²) in [6.45, 7) is 9.87. The van der Waals surface area contributed by atoms with Crippen molar-refractivity contribution >= 4 is 24.0 Å². The Bertz CT molecular complexity index is 1190. The SMILES string of the molecule is CC(C)(C)OC(=O)CN(CC[C@H](NC(=O)OCC1c2ccccc2-c2ccccc21)C(=O)O)CC(=O)OC(C)(C)C. The Morgan fingerprint density at radius 1 is 0.829 bits per heavy atom. The van der Waals surface area contributed by atoms with Gasteiger partial charge >= 0.3 is 24.0 Å². The van der Waals surface area contributed by atoms with Gasteiger partial charge in [0.1, 0.15) is 23.9 Å². The topological polar surface area (TPSA) is 131 Å². The van der Waals surface area contributed by atoms with Crippen LogP contribution in [-0.2, 0) is 28.6 Å². The van der Waals surface area contributed by atoms with Gasteiger partial charge in [0.2, 0.25) is 0 Å². The molecule has 1 amide bonds. The van der Waals surface area contributed by atoms with E-state index in [1.807, 2.05) is 48.5 Å². The van der Waals surface area contributed by atoms with Gasteiger partial charge in [-0.2, -0.15) is 0 Å². The van der Waals surface area contributed by atoms with Crippen molar-refractivity contribution in [2.24, 2.45) is 0 Å². The number of carboxylic acid groups (broad SMARTS) is 1. The molecule has 0 bridgehead atoms. The number of carbonyl (C=O) groups excluding carboxylic acids is 3. The van der Waals surface area contributed by atoms with Crippen LogP contribution in [0.4, 0.5) is 4.79 Å². The third-order valence-corrected chi connectivity index (χ3v) is 6.21. The molecule has 0 unspecified atom stereocenters. The zero-order chi connectivity index (χ0) is 30.4. The summed E-state index contributed by atoms with van der Waals surface area (Å²) in [5, 5.41) is 12.2. The summed E-state index contributed by atoms with van der Waals surface area (Å²) in [7, 11) is 0. The van der Waals surface area contributed by atoms with E-state index in [2.05, 4.69) is 5.32 Å². The number of carbonyl (C=O) groups is 4. The van der Waals surface area contributed by atoms with Crippen molar-refractivity contribution < 1.29 is 38.5 Å². The fourth-order valence-corrected chi connectivity index (χ4v) is 4.68. The first-order chi connectivity index (χ1) is 19.1. The number of aliphatic carboxylic acids is 1. The van der Waals surface area contributed by atoms with Crippen LogP contribution in [0.2, 0.25) is 0 Å². The molecule has 0 saturated heterocycles. The number of carboxylic acids is 1. The van der Waals surface area contributed by atoms with E-state index in [0.717, 1.165) is 22.3 Å². The van der Waals surface area contributed by atoms with Crippen molar-refractivity contribution in [1.82, 2.24) is 10.2 Å². The molecule has 2 N–H and O–H groups in total. The van der Waals surface area contributed by atoms with Crippen molar-refractivity contribution in [3.63, 3.8) is 0 Å². The van der Waals surface area contributed by atoms with Crippen molar-refractivity contribution in [1.29, 1.82) is 0 Å². The molecular weight excluding hydrogens is 528 g/mol. The van der Waals surface area contributed by atoms with Gasteiger partial charge in [-0.3, -0.25) is 14.5 Å². The summed E-state index contributed by atoms with van der Waals surface area (Å²) in [4.78, 5) is 51.0. The number of hydrogen-bond acceptors (Lipinski definition) is 8. The van der Waals surface area contributed by atoms with E-state index in [0.29, 0.717) is 0 Å². The molecule has 10 heteroatoms. The van der Waals surface area contributed by atoms with E-state index in [-0.39, 0.29) is 38.6 Å². The molecule has 0 aliphatic heterocycles. The molecule has 0 fully saturated rings. The van der Waals surface area contributed by atoms with Crippen LogP contribution in [0.15, 0.2) is 48.5 Å². The summed E-state index contributed by atoms with van der Waals surface area (Å²) in [5.74, 6) is -2.59. The fourth-order valence-electron chi connectivity index (χ4n) is 4.68. The quantitative estimate of drug-likeness (QED) is 0.300. The molecule has 0 spiro atoms. The monoisotopic (exact) mass is 568 g/mol. The highest BCUT2D eigenvalue weighted by Crippen LogP contribution is 2.44. The Morgan fingerprint density at radius 3 is 1.73 bits per heavy atom. The lowest BCUT2D eigenvalue weighted by Gasteiger charge is -2.27. The van der Waals surface area contributed by atoms with Gasteiger partial charge in [0, 0.05) is 12.5 Å². The van der Waals surface area contributed by atoms with E-state index in [4.69, 9.17) is 14.2 Å². The number of nitrogens with zero attached hydrogens (tertiary/aromatic N) is 1. The Balaban J connectivity index is 1.62. The minimum absolute atomic E-state index is 0.000885. The van der Waals surface area contributed by atoms with E-state index in [1.54, 1.807) is 41.5 Å². The number of benzene rings is 2. The van der Waals surface area contributed by atoms with Gasteiger partial charge in [-0.05, 0) is 70.2 Å². The molecule has 2 aromatic rings. The second kappa shape index (κ2) is 13.2. The van der Waals surface area contributed by atoms with Gasteiger partial charge < -0.3 is 24.6 Å². The lowest BCUT2D eigenvalue weighted by molar-refractivity contribution is -0.159. The third kappa shape index (κ3) is 9.60. The normalized spacial score (nSPS) is 13.6. The van der Waals surface area contributed by atoms with E-state index >= 15 is 0 Å². The van der Waals surface area contributed by atoms with Crippen LogP contribution in [0.5, 0.6) is 0 Å². The summed E-state index contributed by atoms with van der Waals surface area (Å²) in [5.41, 5.74) is 2.77. The average Bonchev–Trinajstić information content (AvgIpc) is 3.16. The lowest BCUT2D eigenvalue weighted by atomic mass is 9.98. The molecule has 0 saturated carbocycles. The van der Waals surface area contributed by atoms with Crippen LogP contribution in [0.1, 0.15) is 65.0 Å². The summed E-state index contributed by atoms with van der Waals surface area (Å²) in [6.07, 6.45) is -0.962. The molecule has 10 nitrogen and oxygen atoms in total. The number of fused-ring (bicyclic) bond motifs is 3. The number of amides is 1. The van der Waals surface area contributed by atoms with Gasteiger partial charge in [-0.15, -0.1) is 0 Å². The van der Waals surface area contributed by atoms with Crippen molar-refractivity contribution in [3.8, 4) is 11.1 Å². The molecular formula is C31H40N2O8. The molecule has 2 aromatic carbocycles. The van der Waals surface area contributed by atoms with Crippen molar-refractivity contribution in [3.05, 3.63) is 59.7 Å². The van der Waals surface area contributed by atoms with E-state index in [1.165, 1.54) is 4.90 Å². The second-order valence-corrected chi connectivity index (χ2v) is 12.0. The third-order valence-electron chi connectivity index (χ3n) is 6.21. The number of nitrogens with one attached hydrogen (secondary N) is 1. The Morgan fingerprint density at radius 2 is 1.29 bits per heavy atom. The van der Waals surface area contributed by atoms with Crippen LogP contribution < -0.4 is 5.32 Å². The van der Waals surface area contributed by atoms with Crippen LogP contribution in [-0.4, -0.2) is 77.5 Å². The zero-order valence-electron chi connectivity index (χ0n) is 24.6. The minimum Gasteiger partial charge on any atom is -0.480 e. The first-order valence-electron chi connectivity index (χ1n) is 13.6. The molecule has 222 valence electrons. The van der Waals surface area contributed by atoms with Crippen LogP contribution in [0.25, 0.3) is 11.1 Å². The number of ether oxygens (including phenoxy) is 3.